The van der Waals surface area contributed by atoms with Crippen LogP contribution in [0.25, 0.3) is 11.8 Å². The normalized spacial score (nSPS) is 18.6. The van der Waals surface area contributed by atoms with Gasteiger partial charge in [0.05, 0.1) is 6.20 Å². The SMILES string of the molecule is C1=c2nncc3c2=C(CC3)CSN1. The monoisotopic (exact) mass is 191 g/mol. The molecule has 4 heteroatoms. The lowest BCUT2D eigenvalue weighted by Gasteiger charge is -1.97. The van der Waals surface area contributed by atoms with Crippen LogP contribution in [-0.4, -0.2) is 16.0 Å². The fourth-order valence-electron chi connectivity index (χ4n) is 1.92. The largest absolute Gasteiger partial charge is 0.334 e. The molecule has 0 aromatic carbocycles. The minimum atomic E-state index is 1.01. The molecule has 0 bridgehead atoms. The van der Waals surface area contributed by atoms with Crippen LogP contribution in [0.4, 0.5) is 0 Å². The molecule has 0 fully saturated rings. The Labute approximate surface area is 80.1 Å². The zero-order chi connectivity index (χ0) is 8.67. The van der Waals surface area contributed by atoms with Gasteiger partial charge in [0.15, 0.2) is 0 Å². The average molecular weight is 191 g/mol. The molecule has 3 nitrogen and oxygen atoms in total. The van der Waals surface area contributed by atoms with Crippen LogP contribution in [0.5, 0.6) is 0 Å². The first kappa shape index (κ1) is 7.38. The second-order valence-electron chi connectivity index (χ2n) is 3.28. The van der Waals surface area contributed by atoms with E-state index < -0.39 is 0 Å². The first-order chi connectivity index (χ1) is 6.45. The number of nitrogens with zero attached hydrogens (tertiary/aromatic N) is 2. The third-order valence-electron chi connectivity index (χ3n) is 2.53. The topological polar surface area (TPSA) is 37.8 Å². The molecule has 1 aromatic rings. The van der Waals surface area contributed by atoms with Crippen LogP contribution in [0, 0.1) is 0 Å². The smallest absolute Gasteiger partial charge is 0.110 e. The molecule has 13 heavy (non-hydrogen) atoms. The number of hydrogen-bond acceptors (Lipinski definition) is 4. The Morgan fingerprint density at radius 2 is 2.38 bits per heavy atom. The van der Waals surface area contributed by atoms with Gasteiger partial charge < -0.3 is 4.72 Å². The highest BCUT2D eigenvalue weighted by Gasteiger charge is 2.14. The summed E-state index contributed by atoms with van der Waals surface area (Å²) < 4.78 is 3.16. The van der Waals surface area contributed by atoms with Gasteiger partial charge in [-0.2, -0.15) is 5.10 Å². The summed E-state index contributed by atoms with van der Waals surface area (Å²) in [6.45, 7) is 0. The molecular formula is C9H9N3S. The van der Waals surface area contributed by atoms with Crippen molar-refractivity contribution in [3.8, 4) is 0 Å². The van der Waals surface area contributed by atoms with Gasteiger partial charge in [0.2, 0.25) is 0 Å². The molecule has 0 radical (unpaired) electrons. The predicted molar refractivity (Wildman–Crippen MR) is 53.1 cm³/mol. The van der Waals surface area contributed by atoms with Gasteiger partial charge in [0.1, 0.15) is 5.35 Å². The van der Waals surface area contributed by atoms with Crippen LogP contribution in [0.15, 0.2) is 6.20 Å². The van der Waals surface area contributed by atoms with E-state index in [1.165, 1.54) is 22.8 Å². The second kappa shape index (κ2) is 2.73. The van der Waals surface area contributed by atoms with Gasteiger partial charge in [-0.05, 0) is 35.9 Å². The maximum absolute atomic E-state index is 4.13. The molecule has 0 saturated carbocycles. The summed E-state index contributed by atoms with van der Waals surface area (Å²) in [5, 5.41) is 10.5. The summed E-state index contributed by atoms with van der Waals surface area (Å²) in [6.07, 6.45) is 6.17. The van der Waals surface area contributed by atoms with Crippen LogP contribution < -0.4 is 15.3 Å². The molecule has 1 aliphatic heterocycles. The third kappa shape index (κ3) is 1.05. The summed E-state index contributed by atoms with van der Waals surface area (Å²) in [7, 11) is 0. The van der Waals surface area contributed by atoms with E-state index >= 15 is 0 Å². The maximum Gasteiger partial charge on any atom is 0.110 e. The maximum atomic E-state index is 4.13. The van der Waals surface area contributed by atoms with Gasteiger partial charge in [-0.25, -0.2) is 0 Å². The molecule has 3 rings (SSSR count). The van der Waals surface area contributed by atoms with Crippen LogP contribution in [-0.2, 0) is 6.42 Å². The molecule has 0 unspecified atom stereocenters. The highest BCUT2D eigenvalue weighted by Crippen LogP contribution is 2.16. The molecule has 0 spiro atoms. The summed E-state index contributed by atoms with van der Waals surface area (Å²) in [5.74, 6) is 1.07. The van der Waals surface area contributed by atoms with E-state index in [9.17, 15) is 0 Å². The molecular weight excluding hydrogens is 182 g/mol. The van der Waals surface area contributed by atoms with E-state index in [0.717, 1.165) is 17.5 Å². The summed E-state index contributed by atoms with van der Waals surface area (Å²) in [6, 6.07) is 0. The quantitative estimate of drug-likeness (QED) is 0.564. The lowest BCUT2D eigenvalue weighted by molar-refractivity contribution is 0.940. The number of rotatable bonds is 0. The zero-order valence-electron chi connectivity index (χ0n) is 7.08. The fraction of sp³-hybridized carbons (Fsp3) is 0.333. The minimum absolute atomic E-state index is 1.01. The van der Waals surface area contributed by atoms with Crippen LogP contribution in [0.2, 0.25) is 0 Å². The van der Waals surface area contributed by atoms with Crippen molar-refractivity contribution in [2.75, 3.05) is 5.75 Å². The first-order valence-corrected chi connectivity index (χ1v) is 5.34. The van der Waals surface area contributed by atoms with Crippen molar-refractivity contribution in [2.45, 2.75) is 12.8 Å². The van der Waals surface area contributed by atoms with Crippen molar-refractivity contribution in [3.63, 3.8) is 0 Å². The highest BCUT2D eigenvalue weighted by atomic mass is 32.2. The van der Waals surface area contributed by atoms with E-state index in [1.807, 2.05) is 12.4 Å². The number of hydrogen-bond donors (Lipinski definition) is 1. The second-order valence-corrected chi connectivity index (χ2v) is 4.10. The Hall–Kier alpha value is -1.03. The lowest BCUT2D eigenvalue weighted by atomic mass is 10.2. The lowest BCUT2D eigenvalue weighted by Crippen LogP contribution is -2.32. The standard InChI is InChI=1S/C9H9N3S/c1-2-7-5-13-11-4-8-9(7)6(1)3-10-12-8/h3-4,11H,1-2,5H2. The molecule has 1 aromatic heterocycles. The van der Waals surface area contributed by atoms with Gasteiger partial charge in [-0.1, -0.05) is 0 Å². The van der Waals surface area contributed by atoms with Gasteiger partial charge in [-0.15, -0.1) is 5.10 Å². The van der Waals surface area contributed by atoms with E-state index in [4.69, 9.17) is 0 Å². The molecule has 2 heterocycles. The molecule has 2 aliphatic rings. The van der Waals surface area contributed by atoms with Crippen molar-refractivity contribution in [1.82, 2.24) is 14.9 Å². The fourth-order valence-corrected chi connectivity index (χ4v) is 2.66. The number of nitrogens with one attached hydrogen (secondary N) is 1. The molecule has 0 saturated heterocycles. The van der Waals surface area contributed by atoms with Gasteiger partial charge in [0.25, 0.3) is 0 Å². The molecule has 0 amide bonds. The van der Waals surface area contributed by atoms with Crippen molar-refractivity contribution >= 4 is 23.7 Å². The Morgan fingerprint density at radius 3 is 3.38 bits per heavy atom. The Kier molecular flexibility index (Phi) is 1.55. The van der Waals surface area contributed by atoms with Crippen molar-refractivity contribution in [2.24, 2.45) is 0 Å². The summed E-state index contributed by atoms with van der Waals surface area (Å²) >= 11 is 1.73. The van der Waals surface area contributed by atoms with Crippen molar-refractivity contribution in [3.05, 3.63) is 22.3 Å². The highest BCUT2D eigenvalue weighted by molar-refractivity contribution is 7.98. The minimum Gasteiger partial charge on any atom is -0.334 e. The van der Waals surface area contributed by atoms with E-state index in [1.54, 1.807) is 11.9 Å². The van der Waals surface area contributed by atoms with Crippen molar-refractivity contribution < 1.29 is 0 Å². The summed E-state index contributed by atoms with van der Waals surface area (Å²) in [4.78, 5) is 0. The summed E-state index contributed by atoms with van der Waals surface area (Å²) in [5.41, 5.74) is 2.88. The Morgan fingerprint density at radius 1 is 1.38 bits per heavy atom. The number of aromatic nitrogens is 2. The predicted octanol–water partition coefficient (Wildman–Crippen LogP) is -0.437. The van der Waals surface area contributed by atoms with Gasteiger partial charge in [0, 0.05) is 17.2 Å². The zero-order valence-corrected chi connectivity index (χ0v) is 7.90. The number of aryl methyl sites for hydroxylation is 1. The van der Waals surface area contributed by atoms with Crippen LogP contribution in [0.1, 0.15) is 12.0 Å². The van der Waals surface area contributed by atoms with E-state index in [0.29, 0.717) is 0 Å². The van der Waals surface area contributed by atoms with Gasteiger partial charge in [-0.3, -0.25) is 0 Å². The molecule has 0 atom stereocenters. The van der Waals surface area contributed by atoms with E-state index in [-0.39, 0.29) is 0 Å². The van der Waals surface area contributed by atoms with E-state index in [2.05, 4.69) is 14.9 Å². The molecule has 66 valence electrons. The van der Waals surface area contributed by atoms with Crippen LogP contribution in [0.3, 0.4) is 0 Å². The Bertz CT molecular complexity index is 466. The third-order valence-corrected chi connectivity index (χ3v) is 3.31. The van der Waals surface area contributed by atoms with Crippen LogP contribution >= 0.6 is 11.9 Å². The average Bonchev–Trinajstić information content (AvgIpc) is 2.44. The Balaban J connectivity index is 2.47. The first-order valence-electron chi connectivity index (χ1n) is 4.35. The molecule has 1 N–H and O–H groups in total. The molecule has 1 aliphatic carbocycles. The van der Waals surface area contributed by atoms with Crippen molar-refractivity contribution in [1.29, 1.82) is 0 Å². The van der Waals surface area contributed by atoms with Gasteiger partial charge >= 0.3 is 0 Å².